The van der Waals surface area contributed by atoms with Crippen molar-refractivity contribution in [2.45, 2.75) is 33.3 Å². The molecule has 5 rings (SSSR count). The number of hydrogen-bond donors (Lipinski definition) is 0. The summed E-state index contributed by atoms with van der Waals surface area (Å²) in [5, 5.41) is 4.67. The summed E-state index contributed by atoms with van der Waals surface area (Å²) >= 11 is 0. The number of methoxy groups -OCH3 is 1. The number of fused-ring (bicyclic) bond motifs is 3. The van der Waals surface area contributed by atoms with Crippen LogP contribution in [0.5, 0.6) is 11.5 Å². The Morgan fingerprint density at radius 1 is 1.10 bits per heavy atom. The van der Waals surface area contributed by atoms with Gasteiger partial charge in [-0.3, -0.25) is 4.57 Å². The van der Waals surface area contributed by atoms with Gasteiger partial charge in [-0.15, -0.1) is 13.2 Å². The molecule has 0 bridgehead atoms. The molecule has 0 N–H and O–H groups in total. The van der Waals surface area contributed by atoms with Crippen LogP contribution in [0.25, 0.3) is 33.1 Å². The highest BCUT2D eigenvalue weighted by atomic mass is 19.4. The average molecular weight is 543 g/mol. The Labute approximate surface area is 220 Å². The van der Waals surface area contributed by atoms with E-state index in [1.807, 2.05) is 38.9 Å². The molecule has 0 fully saturated rings. The third kappa shape index (κ3) is 5.07. The number of alkyl halides is 3. The largest absolute Gasteiger partial charge is 0.573 e. The first kappa shape index (κ1) is 26.3. The van der Waals surface area contributed by atoms with Crippen molar-refractivity contribution in [3.8, 4) is 22.6 Å². The maximum absolute atomic E-state index is 13.1. The average Bonchev–Trinajstić information content (AvgIpc) is 3.36. The molecular weight excluding hydrogens is 517 g/mol. The number of nitrogens with zero attached hydrogens (tertiary/aromatic N) is 4. The van der Waals surface area contributed by atoms with E-state index in [1.54, 1.807) is 13.2 Å². The molecule has 0 saturated heterocycles. The monoisotopic (exact) mass is 542 g/mol. The van der Waals surface area contributed by atoms with Crippen molar-refractivity contribution in [3.05, 3.63) is 69.7 Å². The minimum Gasteiger partial charge on any atom is -0.496 e. The van der Waals surface area contributed by atoms with E-state index in [1.165, 1.54) is 28.8 Å². The molecule has 9 nitrogen and oxygen atoms in total. The number of benzene rings is 2. The first-order valence-corrected chi connectivity index (χ1v) is 11.9. The number of hydrogen-bond acceptors (Lipinski definition) is 8. The number of pyridine rings is 1. The van der Waals surface area contributed by atoms with Crippen molar-refractivity contribution >= 4 is 22.0 Å². The van der Waals surface area contributed by atoms with Gasteiger partial charge in [-0.05, 0) is 57.8 Å². The third-order valence-corrected chi connectivity index (χ3v) is 6.25. The molecule has 0 aliphatic rings. The molecule has 0 atom stereocenters. The molecule has 0 radical (unpaired) electrons. The fourth-order valence-electron chi connectivity index (χ4n) is 4.68. The molecule has 0 unspecified atom stereocenters. The number of aryl methyl sites for hydroxylation is 2. The van der Waals surface area contributed by atoms with Gasteiger partial charge < -0.3 is 23.3 Å². The Hall–Kier alpha value is -4.32. The summed E-state index contributed by atoms with van der Waals surface area (Å²) in [6.45, 7) is 4.09. The van der Waals surface area contributed by atoms with E-state index in [0.29, 0.717) is 57.0 Å². The molecular formula is C27H25F3N4O5. The Morgan fingerprint density at radius 3 is 2.41 bits per heavy atom. The molecule has 39 heavy (non-hydrogen) atoms. The van der Waals surface area contributed by atoms with E-state index in [2.05, 4.69) is 9.89 Å². The van der Waals surface area contributed by atoms with E-state index < -0.39 is 12.1 Å². The summed E-state index contributed by atoms with van der Waals surface area (Å²) in [7, 11) is 5.29. The molecule has 0 aliphatic carbocycles. The van der Waals surface area contributed by atoms with Crippen molar-refractivity contribution in [1.29, 1.82) is 0 Å². The van der Waals surface area contributed by atoms with Crippen molar-refractivity contribution in [1.82, 2.24) is 19.6 Å². The van der Waals surface area contributed by atoms with Crippen molar-refractivity contribution in [2.24, 2.45) is 0 Å². The van der Waals surface area contributed by atoms with Crippen LogP contribution in [-0.4, -0.2) is 47.2 Å². The minimum absolute atomic E-state index is 0.0482. The third-order valence-electron chi connectivity index (χ3n) is 6.25. The first-order chi connectivity index (χ1) is 18.4. The van der Waals surface area contributed by atoms with Crippen molar-refractivity contribution in [2.75, 3.05) is 21.2 Å². The number of halogens is 3. The predicted molar refractivity (Wildman–Crippen MR) is 137 cm³/mol. The Balaban J connectivity index is 1.71. The zero-order valence-electron chi connectivity index (χ0n) is 21.8. The Bertz CT molecular complexity index is 1710. The maximum Gasteiger partial charge on any atom is 0.573 e. The van der Waals surface area contributed by atoms with Gasteiger partial charge in [0.2, 0.25) is 0 Å². The van der Waals surface area contributed by atoms with E-state index in [9.17, 15) is 18.0 Å². The number of oxazole rings is 1. The highest BCUT2D eigenvalue weighted by Crippen LogP contribution is 2.39. The SMILES string of the molecule is COc1cc2c(cc1-c1c(C)noc1C)nc(CN(C)C)c1oc(=O)n(Cc3ccc(OC(F)(F)F)cc3)c12. The quantitative estimate of drug-likeness (QED) is 0.269. The molecule has 3 heterocycles. The van der Waals surface area contributed by atoms with E-state index in [-0.39, 0.29) is 12.3 Å². The van der Waals surface area contributed by atoms with Crippen LogP contribution in [0.2, 0.25) is 0 Å². The van der Waals surface area contributed by atoms with Gasteiger partial charge in [0.15, 0.2) is 5.58 Å². The van der Waals surface area contributed by atoms with Gasteiger partial charge in [0.25, 0.3) is 0 Å². The second-order valence-corrected chi connectivity index (χ2v) is 9.39. The van der Waals surface area contributed by atoms with Crippen LogP contribution in [0.4, 0.5) is 13.2 Å². The Kier molecular flexibility index (Phi) is 6.59. The molecule has 0 aliphatic heterocycles. The van der Waals surface area contributed by atoms with Gasteiger partial charge >= 0.3 is 12.1 Å². The second-order valence-electron chi connectivity index (χ2n) is 9.39. The summed E-state index contributed by atoms with van der Waals surface area (Å²) < 4.78 is 59.9. The predicted octanol–water partition coefficient (Wildman–Crippen LogP) is 5.43. The highest BCUT2D eigenvalue weighted by Gasteiger charge is 2.31. The summed E-state index contributed by atoms with van der Waals surface area (Å²) in [6, 6.07) is 8.99. The molecule has 12 heteroatoms. The lowest BCUT2D eigenvalue weighted by atomic mass is 10.00. The molecule has 204 valence electrons. The number of rotatable bonds is 7. The smallest absolute Gasteiger partial charge is 0.496 e. The fraction of sp³-hybridized carbons (Fsp3) is 0.296. The van der Waals surface area contributed by atoms with Gasteiger partial charge in [-0.25, -0.2) is 9.78 Å². The van der Waals surface area contributed by atoms with Crippen LogP contribution in [0, 0.1) is 13.8 Å². The zero-order valence-corrected chi connectivity index (χ0v) is 21.8. The van der Waals surface area contributed by atoms with Gasteiger partial charge in [0, 0.05) is 17.5 Å². The molecule has 3 aromatic heterocycles. The molecule has 0 saturated carbocycles. The maximum atomic E-state index is 13.1. The summed E-state index contributed by atoms with van der Waals surface area (Å²) in [5.74, 6) is 0.172. The molecule has 0 amide bonds. The second kappa shape index (κ2) is 9.77. The molecule has 0 spiro atoms. The summed E-state index contributed by atoms with van der Waals surface area (Å²) in [6.07, 6.45) is -4.80. The van der Waals surface area contributed by atoms with Crippen LogP contribution < -0.4 is 15.2 Å². The standard InChI is InChI=1S/C27H25F3N4O5/c1-14-23(15(2)39-32-14)19-10-20-18(11-22(19)36-5)24-25(21(31-20)13-33(3)4)37-26(35)34(24)12-16-6-8-17(9-7-16)38-27(28,29)30/h6-11H,12-13H2,1-5H3. The first-order valence-electron chi connectivity index (χ1n) is 11.9. The lowest BCUT2D eigenvalue weighted by Gasteiger charge is -2.14. The summed E-state index contributed by atoms with van der Waals surface area (Å²) in [4.78, 5) is 19.9. The normalized spacial score (nSPS) is 12.1. The van der Waals surface area contributed by atoms with Gasteiger partial charge in [-0.1, -0.05) is 17.3 Å². The number of aromatic nitrogens is 3. The van der Waals surface area contributed by atoms with E-state index >= 15 is 0 Å². The number of ether oxygens (including phenoxy) is 2. The summed E-state index contributed by atoms with van der Waals surface area (Å²) in [5.41, 5.74) is 4.77. The fourth-order valence-corrected chi connectivity index (χ4v) is 4.68. The molecule has 5 aromatic rings. The van der Waals surface area contributed by atoms with Gasteiger partial charge in [0.1, 0.15) is 28.5 Å². The lowest BCUT2D eigenvalue weighted by Crippen LogP contribution is -2.17. The van der Waals surface area contributed by atoms with Crippen LogP contribution in [0.15, 0.2) is 50.1 Å². The van der Waals surface area contributed by atoms with Crippen molar-refractivity contribution in [3.63, 3.8) is 0 Å². The van der Waals surface area contributed by atoms with Crippen LogP contribution in [-0.2, 0) is 13.1 Å². The van der Waals surface area contributed by atoms with Crippen molar-refractivity contribution < 1.29 is 31.6 Å². The lowest BCUT2D eigenvalue weighted by molar-refractivity contribution is -0.274. The highest BCUT2D eigenvalue weighted by molar-refractivity contribution is 6.05. The van der Waals surface area contributed by atoms with Crippen LogP contribution in [0.1, 0.15) is 22.7 Å². The van der Waals surface area contributed by atoms with E-state index in [0.717, 1.165) is 11.1 Å². The topological polar surface area (TPSA) is 95.8 Å². The zero-order chi connectivity index (χ0) is 28.1. The van der Waals surface area contributed by atoms with Gasteiger partial charge in [0.05, 0.1) is 30.4 Å². The van der Waals surface area contributed by atoms with E-state index in [4.69, 9.17) is 18.7 Å². The minimum atomic E-state index is -4.80. The van der Waals surface area contributed by atoms with Crippen LogP contribution in [0.3, 0.4) is 0 Å². The molecule has 2 aromatic carbocycles. The Morgan fingerprint density at radius 2 is 1.82 bits per heavy atom. The van der Waals surface area contributed by atoms with Gasteiger partial charge in [-0.2, -0.15) is 0 Å². The van der Waals surface area contributed by atoms with Crippen LogP contribution >= 0.6 is 0 Å².